The van der Waals surface area contributed by atoms with Gasteiger partial charge in [-0.3, -0.25) is 14.4 Å². The molecule has 1 saturated carbocycles. The molecule has 2 aromatic rings. The van der Waals surface area contributed by atoms with E-state index < -0.39 is 59.4 Å². The molecule has 4 unspecified atom stereocenters. The molecule has 1 aliphatic heterocycles. The van der Waals surface area contributed by atoms with Gasteiger partial charge in [0.05, 0.1) is 23.7 Å². The van der Waals surface area contributed by atoms with E-state index in [-0.39, 0.29) is 46.1 Å². The minimum atomic E-state index is -2.96. The molecular formula is C25H27ClF3N5O4. The fourth-order valence-corrected chi connectivity index (χ4v) is 5.17. The Morgan fingerprint density at radius 3 is 2.50 bits per heavy atom. The van der Waals surface area contributed by atoms with Crippen molar-refractivity contribution in [1.29, 1.82) is 5.26 Å². The van der Waals surface area contributed by atoms with Gasteiger partial charge < -0.3 is 25.7 Å². The van der Waals surface area contributed by atoms with Gasteiger partial charge in [-0.15, -0.1) is 0 Å². The molecule has 9 nitrogen and oxygen atoms in total. The van der Waals surface area contributed by atoms with Crippen molar-refractivity contribution in [2.45, 2.75) is 63.1 Å². The summed E-state index contributed by atoms with van der Waals surface area (Å²) in [5.41, 5.74) is -0.666. The molecule has 1 saturated heterocycles. The number of methoxy groups -OCH3 is 1. The smallest absolute Gasteiger partial charge is 0.268 e. The topological polar surface area (TPSA) is 136 Å². The minimum Gasteiger partial charge on any atom is -0.494 e. The number of hydrogen-bond donors (Lipinski definition) is 4. The highest BCUT2D eigenvalue weighted by molar-refractivity contribution is 6.33. The number of amides is 3. The fourth-order valence-electron chi connectivity index (χ4n) is 4.89. The van der Waals surface area contributed by atoms with Crippen LogP contribution in [0.3, 0.4) is 0 Å². The van der Waals surface area contributed by atoms with Gasteiger partial charge in [-0.2, -0.15) is 5.26 Å². The summed E-state index contributed by atoms with van der Waals surface area (Å²) in [4.78, 5) is 40.9. The minimum absolute atomic E-state index is 0.0152. The first-order chi connectivity index (χ1) is 17.7. The van der Waals surface area contributed by atoms with E-state index in [2.05, 4.69) is 20.9 Å². The summed E-state index contributed by atoms with van der Waals surface area (Å²) in [5.74, 6) is -7.15. The number of fused-ring (bicyclic) bond motifs is 1. The number of rotatable bonds is 9. The third kappa shape index (κ3) is 5.67. The quantitative estimate of drug-likeness (QED) is 0.377. The number of hydrogen-bond acceptors (Lipinski definition) is 5. The van der Waals surface area contributed by atoms with Crippen molar-refractivity contribution < 1.29 is 32.3 Å². The molecule has 0 radical (unpaired) electrons. The number of carbonyl (C=O) groups is 3. The molecule has 4 N–H and O–H groups in total. The van der Waals surface area contributed by atoms with E-state index in [1.807, 2.05) is 19.9 Å². The van der Waals surface area contributed by atoms with Crippen LogP contribution in [0.25, 0.3) is 10.9 Å². The number of H-pyrrole nitrogens is 1. The number of nitriles is 1. The number of nitrogens with zero attached hydrogens (tertiary/aromatic N) is 1. The van der Waals surface area contributed by atoms with Crippen LogP contribution in [-0.4, -0.2) is 53.4 Å². The number of halogens is 4. The Balaban J connectivity index is 1.51. The van der Waals surface area contributed by atoms with E-state index in [1.54, 1.807) is 0 Å². The van der Waals surface area contributed by atoms with Crippen LogP contribution in [0, 0.1) is 29.0 Å². The molecule has 1 aromatic carbocycles. The Labute approximate surface area is 221 Å². The van der Waals surface area contributed by atoms with Gasteiger partial charge in [-0.25, -0.2) is 13.2 Å². The lowest BCUT2D eigenvalue weighted by Gasteiger charge is -2.21. The van der Waals surface area contributed by atoms with E-state index >= 15 is 0 Å². The molecule has 4 rings (SSSR count). The molecule has 1 aliphatic carbocycles. The molecule has 2 fully saturated rings. The first kappa shape index (κ1) is 27.6. The average Bonchev–Trinajstić information content (AvgIpc) is 3.12. The van der Waals surface area contributed by atoms with Crippen LogP contribution in [0.5, 0.6) is 5.75 Å². The lowest BCUT2D eigenvalue weighted by atomic mass is 9.92. The molecule has 38 heavy (non-hydrogen) atoms. The normalized spacial score (nSPS) is 22.7. The van der Waals surface area contributed by atoms with E-state index in [1.165, 1.54) is 13.2 Å². The van der Waals surface area contributed by atoms with E-state index in [4.69, 9.17) is 16.3 Å². The van der Waals surface area contributed by atoms with Crippen LogP contribution in [0.4, 0.5) is 13.2 Å². The molecule has 1 aromatic heterocycles. The van der Waals surface area contributed by atoms with Crippen LogP contribution in [0.2, 0.25) is 5.02 Å². The van der Waals surface area contributed by atoms with Gasteiger partial charge in [-0.05, 0) is 45.2 Å². The molecule has 0 spiro atoms. The third-order valence-corrected chi connectivity index (χ3v) is 7.18. The summed E-state index contributed by atoms with van der Waals surface area (Å²) in [5, 5.41) is 17.5. The van der Waals surface area contributed by atoms with Crippen LogP contribution in [0.1, 0.15) is 50.0 Å². The largest absolute Gasteiger partial charge is 0.494 e. The maximum Gasteiger partial charge on any atom is 0.268 e. The number of ether oxygens (including phenoxy) is 1. The summed E-state index contributed by atoms with van der Waals surface area (Å²) in [6.45, 7) is 3.68. The molecule has 4 atom stereocenters. The number of aromatic amines is 1. The number of carbonyl (C=O) groups excluding carboxylic acids is 3. The van der Waals surface area contributed by atoms with Gasteiger partial charge in [0.2, 0.25) is 11.8 Å². The number of alkyl halides is 2. The van der Waals surface area contributed by atoms with Crippen molar-refractivity contribution in [2.75, 3.05) is 7.11 Å². The van der Waals surface area contributed by atoms with Gasteiger partial charge in [0.15, 0.2) is 0 Å². The molecule has 0 bridgehead atoms. The van der Waals surface area contributed by atoms with Crippen molar-refractivity contribution in [2.24, 2.45) is 11.8 Å². The number of aromatic nitrogens is 1. The predicted octanol–water partition coefficient (Wildman–Crippen LogP) is 3.43. The Hall–Kier alpha value is -3.46. The van der Waals surface area contributed by atoms with Crippen molar-refractivity contribution in [3.63, 3.8) is 0 Å². The highest BCUT2D eigenvalue weighted by Crippen LogP contribution is 2.51. The maximum absolute atomic E-state index is 14.4. The Kier molecular flexibility index (Phi) is 7.27. The molecule has 13 heteroatoms. The van der Waals surface area contributed by atoms with Crippen molar-refractivity contribution in [3.05, 3.63) is 28.7 Å². The fraction of sp³-hybridized carbons (Fsp3) is 0.520. The third-order valence-electron chi connectivity index (χ3n) is 6.90. The second-order valence-corrected chi connectivity index (χ2v) is 10.9. The molecule has 3 amide bonds. The van der Waals surface area contributed by atoms with Crippen LogP contribution >= 0.6 is 11.6 Å². The van der Waals surface area contributed by atoms with Gasteiger partial charge >= 0.3 is 0 Å². The number of nitrogens with one attached hydrogen (secondary N) is 4. The monoisotopic (exact) mass is 553 g/mol. The lowest BCUT2D eigenvalue weighted by Crippen LogP contribution is -2.50. The average molecular weight is 554 g/mol. The second-order valence-electron chi connectivity index (χ2n) is 10.5. The SMILES string of the molecule is COc1c(Cl)cc(F)c2[nH]c(C(=O)NC(CC3CC3(F)F)C(=O)NC(C#N)CC3CC(C)(C)NC3=O)cc12. The predicted molar refractivity (Wildman–Crippen MR) is 131 cm³/mol. The van der Waals surface area contributed by atoms with Gasteiger partial charge in [0.1, 0.15) is 29.3 Å². The summed E-state index contributed by atoms with van der Waals surface area (Å²) < 4.78 is 47.0. The Bertz CT molecular complexity index is 1340. The lowest BCUT2D eigenvalue weighted by molar-refractivity contribution is -0.125. The van der Waals surface area contributed by atoms with Crippen molar-refractivity contribution >= 4 is 40.2 Å². The first-order valence-corrected chi connectivity index (χ1v) is 12.4. The highest BCUT2D eigenvalue weighted by Gasteiger charge is 2.57. The zero-order valence-corrected chi connectivity index (χ0v) is 21.6. The van der Waals surface area contributed by atoms with Crippen LogP contribution in [-0.2, 0) is 9.59 Å². The summed E-state index contributed by atoms with van der Waals surface area (Å²) >= 11 is 6.01. The van der Waals surface area contributed by atoms with Gasteiger partial charge in [0, 0.05) is 29.2 Å². The van der Waals surface area contributed by atoms with Crippen LogP contribution in [0.15, 0.2) is 12.1 Å². The molecule has 204 valence electrons. The zero-order chi connectivity index (χ0) is 28.0. The second kappa shape index (κ2) is 10.0. The zero-order valence-electron chi connectivity index (χ0n) is 20.9. The summed E-state index contributed by atoms with van der Waals surface area (Å²) in [7, 11) is 1.32. The first-order valence-electron chi connectivity index (χ1n) is 12.0. The van der Waals surface area contributed by atoms with E-state index in [0.29, 0.717) is 6.42 Å². The summed E-state index contributed by atoms with van der Waals surface area (Å²) in [6.07, 6.45) is -0.319. The van der Waals surface area contributed by atoms with Crippen LogP contribution < -0.4 is 20.7 Å². The van der Waals surface area contributed by atoms with Crippen molar-refractivity contribution in [1.82, 2.24) is 20.9 Å². The highest BCUT2D eigenvalue weighted by atomic mass is 35.5. The van der Waals surface area contributed by atoms with Crippen molar-refractivity contribution in [3.8, 4) is 11.8 Å². The summed E-state index contributed by atoms with van der Waals surface area (Å²) in [6, 6.07) is 1.72. The standard InChI is InChI=1S/C25H27ClF3N5O4/c1-24(2)8-11(21(35)34-24)4-13(10-30)31-22(36)17(5-12-9-25(12,28)29)33-23(37)18-6-14-19(32-18)16(27)7-15(26)20(14)38-3/h6-7,11-13,17,32H,4-5,8-9H2,1-3H3,(H,31,36)(H,33,37)(H,34,35). The Morgan fingerprint density at radius 1 is 1.26 bits per heavy atom. The molecular weight excluding hydrogens is 527 g/mol. The molecule has 2 heterocycles. The maximum atomic E-state index is 14.4. The molecule has 2 aliphatic rings. The van der Waals surface area contributed by atoms with E-state index in [9.17, 15) is 32.8 Å². The van der Waals surface area contributed by atoms with E-state index in [0.717, 1.165) is 6.07 Å². The van der Waals surface area contributed by atoms with Gasteiger partial charge in [0.25, 0.3) is 11.8 Å². The van der Waals surface area contributed by atoms with Gasteiger partial charge in [-0.1, -0.05) is 11.6 Å². The Morgan fingerprint density at radius 2 is 1.95 bits per heavy atom. The number of benzene rings is 1.